The lowest BCUT2D eigenvalue weighted by atomic mass is 10.1. The number of hydrogen-bond donors (Lipinski definition) is 1. The van der Waals surface area contributed by atoms with Crippen LogP contribution in [0.2, 0.25) is 5.02 Å². The summed E-state index contributed by atoms with van der Waals surface area (Å²) in [7, 11) is 0. The Morgan fingerprint density at radius 2 is 2.12 bits per heavy atom. The molecule has 0 radical (unpaired) electrons. The largest absolute Gasteiger partial charge is 0.461 e. The fourth-order valence-electron chi connectivity index (χ4n) is 1.98. The van der Waals surface area contributed by atoms with Gasteiger partial charge in [0.2, 0.25) is 0 Å². The number of nitrogens with two attached hydrogens (primary N) is 1. The van der Waals surface area contributed by atoms with Crippen molar-refractivity contribution in [1.29, 1.82) is 0 Å². The third-order valence-corrected chi connectivity index (χ3v) is 3.53. The molecule has 84 valence electrons. The second-order valence-electron chi connectivity index (χ2n) is 4.76. The van der Waals surface area contributed by atoms with Crippen molar-refractivity contribution in [1.82, 2.24) is 0 Å². The molecule has 0 atom stereocenters. The highest BCUT2D eigenvalue weighted by molar-refractivity contribution is 6.31. The standard InChI is InChI=1S/C13H14ClNO/c14-10-1-2-12-9(7-10)8-11(16-12)3-4-13(15)5-6-13/h1-2,7-8H,3-6,15H2. The van der Waals surface area contributed by atoms with Crippen molar-refractivity contribution in [2.75, 3.05) is 0 Å². The molecule has 0 spiro atoms. The van der Waals surface area contributed by atoms with Crippen molar-refractivity contribution in [2.45, 2.75) is 31.2 Å². The van der Waals surface area contributed by atoms with Gasteiger partial charge in [-0.15, -0.1) is 0 Å². The quantitative estimate of drug-likeness (QED) is 0.884. The maximum atomic E-state index is 6.05. The van der Waals surface area contributed by atoms with E-state index in [1.807, 2.05) is 18.2 Å². The average molecular weight is 236 g/mol. The Kier molecular flexibility index (Phi) is 2.23. The topological polar surface area (TPSA) is 39.2 Å². The molecule has 1 saturated carbocycles. The van der Waals surface area contributed by atoms with Gasteiger partial charge < -0.3 is 10.2 Å². The van der Waals surface area contributed by atoms with E-state index in [2.05, 4.69) is 6.07 Å². The number of halogens is 1. The monoisotopic (exact) mass is 235 g/mol. The van der Waals surface area contributed by atoms with E-state index < -0.39 is 0 Å². The van der Waals surface area contributed by atoms with Gasteiger partial charge in [0.25, 0.3) is 0 Å². The molecule has 1 fully saturated rings. The van der Waals surface area contributed by atoms with Gasteiger partial charge in [0, 0.05) is 22.4 Å². The van der Waals surface area contributed by atoms with Crippen LogP contribution in [0.1, 0.15) is 25.0 Å². The molecule has 1 aromatic carbocycles. The molecule has 3 rings (SSSR count). The van der Waals surface area contributed by atoms with Gasteiger partial charge >= 0.3 is 0 Å². The maximum absolute atomic E-state index is 6.05. The van der Waals surface area contributed by atoms with E-state index in [0.29, 0.717) is 0 Å². The molecule has 1 aromatic heterocycles. The third kappa shape index (κ3) is 1.95. The SMILES string of the molecule is NC1(CCc2cc3cc(Cl)ccc3o2)CC1. The summed E-state index contributed by atoms with van der Waals surface area (Å²) in [6.45, 7) is 0. The van der Waals surface area contributed by atoms with Crippen LogP contribution in [-0.2, 0) is 6.42 Å². The molecule has 0 amide bonds. The van der Waals surface area contributed by atoms with E-state index in [4.69, 9.17) is 21.8 Å². The second-order valence-corrected chi connectivity index (χ2v) is 5.19. The molecule has 1 aliphatic rings. The Morgan fingerprint density at radius 3 is 2.88 bits per heavy atom. The molecule has 1 aliphatic carbocycles. The molecule has 2 nitrogen and oxygen atoms in total. The highest BCUT2D eigenvalue weighted by Crippen LogP contribution is 2.37. The predicted octanol–water partition coefficient (Wildman–Crippen LogP) is 3.51. The van der Waals surface area contributed by atoms with Crippen molar-refractivity contribution in [3.8, 4) is 0 Å². The first kappa shape index (κ1) is 10.2. The lowest BCUT2D eigenvalue weighted by Crippen LogP contribution is -2.21. The number of aryl methyl sites for hydroxylation is 1. The lowest BCUT2D eigenvalue weighted by Gasteiger charge is -2.04. The van der Waals surface area contributed by atoms with E-state index in [9.17, 15) is 0 Å². The molecule has 2 aromatic rings. The molecule has 0 unspecified atom stereocenters. The number of rotatable bonds is 3. The van der Waals surface area contributed by atoms with Gasteiger partial charge in [0.15, 0.2) is 0 Å². The van der Waals surface area contributed by atoms with E-state index in [1.54, 1.807) is 0 Å². The Hall–Kier alpha value is -0.990. The van der Waals surface area contributed by atoms with Crippen LogP contribution in [0.3, 0.4) is 0 Å². The highest BCUT2D eigenvalue weighted by atomic mass is 35.5. The first-order chi connectivity index (χ1) is 7.65. The smallest absolute Gasteiger partial charge is 0.134 e. The summed E-state index contributed by atoms with van der Waals surface area (Å²) in [5.41, 5.74) is 7.05. The summed E-state index contributed by atoms with van der Waals surface area (Å²) in [5.74, 6) is 1.01. The molecule has 0 saturated heterocycles. The molecule has 0 bridgehead atoms. The van der Waals surface area contributed by atoms with Crippen LogP contribution in [0.15, 0.2) is 28.7 Å². The van der Waals surface area contributed by atoms with Crippen LogP contribution in [0.25, 0.3) is 11.0 Å². The summed E-state index contributed by atoms with van der Waals surface area (Å²) < 4.78 is 5.73. The summed E-state index contributed by atoms with van der Waals surface area (Å²) >= 11 is 5.93. The van der Waals surface area contributed by atoms with Crippen molar-refractivity contribution < 1.29 is 4.42 Å². The number of fused-ring (bicyclic) bond motifs is 1. The summed E-state index contributed by atoms with van der Waals surface area (Å²) in [6, 6.07) is 7.76. The Morgan fingerprint density at radius 1 is 1.31 bits per heavy atom. The van der Waals surface area contributed by atoms with Crippen molar-refractivity contribution in [2.24, 2.45) is 5.73 Å². The second kappa shape index (κ2) is 3.51. The van der Waals surface area contributed by atoms with Crippen LogP contribution in [0, 0.1) is 0 Å². The minimum absolute atomic E-state index is 0.0939. The first-order valence-corrected chi connectivity index (χ1v) is 5.99. The molecule has 2 N–H and O–H groups in total. The average Bonchev–Trinajstić information content (AvgIpc) is 2.85. The van der Waals surface area contributed by atoms with Crippen molar-refractivity contribution in [3.63, 3.8) is 0 Å². The Labute approximate surface area is 99.4 Å². The first-order valence-electron chi connectivity index (χ1n) is 5.62. The van der Waals surface area contributed by atoms with E-state index >= 15 is 0 Å². The van der Waals surface area contributed by atoms with Crippen LogP contribution in [-0.4, -0.2) is 5.54 Å². The predicted molar refractivity (Wildman–Crippen MR) is 65.7 cm³/mol. The summed E-state index contributed by atoms with van der Waals surface area (Å²) in [6.07, 6.45) is 4.24. The van der Waals surface area contributed by atoms with Gasteiger partial charge in [0.1, 0.15) is 11.3 Å². The molecule has 3 heteroatoms. The minimum Gasteiger partial charge on any atom is -0.461 e. The molecule has 16 heavy (non-hydrogen) atoms. The maximum Gasteiger partial charge on any atom is 0.134 e. The summed E-state index contributed by atoms with van der Waals surface area (Å²) in [5, 5.41) is 1.82. The van der Waals surface area contributed by atoms with Gasteiger partial charge in [-0.25, -0.2) is 0 Å². The molecular formula is C13H14ClNO. The zero-order valence-corrected chi connectivity index (χ0v) is 9.76. The summed E-state index contributed by atoms with van der Waals surface area (Å²) in [4.78, 5) is 0. The van der Waals surface area contributed by atoms with Gasteiger partial charge in [-0.2, -0.15) is 0 Å². The third-order valence-electron chi connectivity index (χ3n) is 3.29. The number of hydrogen-bond acceptors (Lipinski definition) is 2. The van der Waals surface area contributed by atoms with Crippen LogP contribution in [0.4, 0.5) is 0 Å². The zero-order chi connectivity index (χ0) is 11.2. The van der Waals surface area contributed by atoms with E-state index in [1.165, 1.54) is 0 Å². The number of benzene rings is 1. The van der Waals surface area contributed by atoms with Crippen LogP contribution < -0.4 is 5.73 Å². The molecular weight excluding hydrogens is 222 g/mol. The van der Waals surface area contributed by atoms with Gasteiger partial charge in [-0.3, -0.25) is 0 Å². The minimum atomic E-state index is 0.0939. The molecule has 1 heterocycles. The van der Waals surface area contributed by atoms with Crippen LogP contribution in [0.5, 0.6) is 0 Å². The fourth-order valence-corrected chi connectivity index (χ4v) is 2.16. The van der Waals surface area contributed by atoms with Gasteiger partial charge in [-0.1, -0.05) is 11.6 Å². The van der Waals surface area contributed by atoms with Crippen molar-refractivity contribution >= 4 is 22.6 Å². The zero-order valence-electron chi connectivity index (χ0n) is 9.00. The van der Waals surface area contributed by atoms with E-state index in [0.717, 1.165) is 47.4 Å². The highest BCUT2D eigenvalue weighted by Gasteiger charge is 2.37. The Bertz CT molecular complexity index is 528. The van der Waals surface area contributed by atoms with E-state index in [-0.39, 0.29) is 5.54 Å². The fraction of sp³-hybridized carbons (Fsp3) is 0.385. The lowest BCUT2D eigenvalue weighted by molar-refractivity contribution is 0.507. The van der Waals surface area contributed by atoms with Gasteiger partial charge in [-0.05, 0) is 43.5 Å². The Balaban J connectivity index is 1.82. The van der Waals surface area contributed by atoms with Crippen molar-refractivity contribution in [3.05, 3.63) is 35.0 Å². The molecule has 0 aliphatic heterocycles. The normalized spacial score (nSPS) is 17.9. The van der Waals surface area contributed by atoms with Gasteiger partial charge in [0.05, 0.1) is 0 Å². The number of furan rings is 1. The van der Waals surface area contributed by atoms with Crippen LogP contribution >= 0.6 is 11.6 Å².